The molecule has 8 nitrogen and oxygen atoms in total. The standard InChI is InChI=1S/C24H30N6O2/c1-17-7-8-18(2)19(14-17)27-10-12-28(13-11-27)21(31)15-29-16-25-23-22(24(29)32)26-20-6-4-3-5-9-30(20)23/h7-8,14,16H,3-6,9-13,15H2,1-2H3. The number of piperazine rings is 1. The molecule has 0 saturated carbocycles. The van der Waals surface area contributed by atoms with E-state index in [4.69, 9.17) is 0 Å². The minimum Gasteiger partial charge on any atom is -0.368 e. The summed E-state index contributed by atoms with van der Waals surface area (Å²) in [7, 11) is 0. The van der Waals surface area contributed by atoms with E-state index in [1.165, 1.54) is 34.1 Å². The highest BCUT2D eigenvalue weighted by Crippen LogP contribution is 2.23. The first kappa shape index (κ1) is 20.7. The maximum absolute atomic E-state index is 13.0. The molecule has 0 radical (unpaired) electrons. The summed E-state index contributed by atoms with van der Waals surface area (Å²) in [4.78, 5) is 39.3. The van der Waals surface area contributed by atoms with Crippen LogP contribution in [0.3, 0.4) is 0 Å². The zero-order chi connectivity index (χ0) is 22.2. The van der Waals surface area contributed by atoms with Gasteiger partial charge in [0.25, 0.3) is 5.56 Å². The van der Waals surface area contributed by atoms with Gasteiger partial charge in [0.1, 0.15) is 18.7 Å². The lowest BCUT2D eigenvalue weighted by molar-refractivity contribution is -0.132. The van der Waals surface area contributed by atoms with Crippen molar-refractivity contribution >= 4 is 22.8 Å². The molecule has 0 bridgehead atoms. The van der Waals surface area contributed by atoms with E-state index in [0.717, 1.165) is 44.7 Å². The van der Waals surface area contributed by atoms with Crippen LogP contribution in [0.2, 0.25) is 0 Å². The van der Waals surface area contributed by atoms with Crippen molar-refractivity contribution in [3.8, 4) is 0 Å². The van der Waals surface area contributed by atoms with Crippen molar-refractivity contribution in [3.63, 3.8) is 0 Å². The highest BCUT2D eigenvalue weighted by molar-refractivity contribution is 5.77. The third-order valence-corrected chi connectivity index (χ3v) is 6.73. The smallest absolute Gasteiger partial charge is 0.282 e. The molecule has 4 heterocycles. The van der Waals surface area contributed by atoms with Crippen molar-refractivity contribution in [2.45, 2.75) is 52.6 Å². The Hall–Kier alpha value is -3.16. The predicted octanol–water partition coefficient (Wildman–Crippen LogP) is 2.29. The minimum atomic E-state index is -0.224. The molecule has 0 aliphatic carbocycles. The summed E-state index contributed by atoms with van der Waals surface area (Å²) in [6.07, 6.45) is 5.72. The Kier molecular flexibility index (Phi) is 5.45. The monoisotopic (exact) mass is 434 g/mol. The maximum Gasteiger partial charge on any atom is 0.282 e. The van der Waals surface area contributed by atoms with Crippen LogP contribution in [0.4, 0.5) is 5.69 Å². The van der Waals surface area contributed by atoms with Crippen LogP contribution in [-0.4, -0.2) is 56.1 Å². The summed E-state index contributed by atoms with van der Waals surface area (Å²) in [5.74, 6) is 0.892. The Bertz CT molecular complexity index is 1220. The fourth-order valence-electron chi connectivity index (χ4n) is 4.85. The SMILES string of the molecule is Cc1ccc(C)c(N2CCN(C(=O)Cn3cnc4c(nc5n4CCCCC5)c3=O)CC2)c1. The number of rotatable bonds is 3. The summed E-state index contributed by atoms with van der Waals surface area (Å²) < 4.78 is 3.48. The van der Waals surface area contributed by atoms with Gasteiger partial charge in [0.2, 0.25) is 5.91 Å². The van der Waals surface area contributed by atoms with Crippen LogP contribution in [-0.2, 0) is 24.3 Å². The third-order valence-electron chi connectivity index (χ3n) is 6.73. The summed E-state index contributed by atoms with van der Waals surface area (Å²) in [5, 5.41) is 0. The molecule has 2 aromatic heterocycles. The van der Waals surface area contributed by atoms with Gasteiger partial charge in [0, 0.05) is 44.8 Å². The third kappa shape index (κ3) is 3.78. The molecule has 2 aliphatic rings. The van der Waals surface area contributed by atoms with Gasteiger partial charge in [0.05, 0.1) is 0 Å². The Balaban J connectivity index is 1.29. The van der Waals surface area contributed by atoms with Gasteiger partial charge in [-0.05, 0) is 43.9 Å². The number of carbonyl (C=O) groups is 1. The lowest BCUT2D eigenvalue weighted by atomic mass is 10.1. The second kappa shape index (κ2) is 8.41. The zero-order valence-electron chi connectivity index (χ0n) is 18.9. The molecule has 1 amide bonds. The van der Waals surface area contributed by atoms with Gasteiger partial charge in [-0.25, -0.2) is 9.97 Å². The largest absolute Gasteiger partial charge is 0.368 e. The maximum atomic E-state index is 13.0. The van der Waals surface area contributed by atoms with Crippen molar-refractivity contribution in [3.05, 3.63) is 51.8 Å². The summed E-state index contributed by atoms with van der Waals surface area (Å²) >= 11 is 0. The second-order valence-electron chi connectivity index (χ2n) is 9.00. The fourth-order valence-corrected chi connectivity index (χ4v) is 4.85. The highest BCUT2D eigenvalue weighted by Gasteiger charge is 2.24. The quantitative estimate of drug-likeness (QED) is 0.632. The molecule has 5 rings (SSSR count). The predicted molar refractivity (Wildman–Crippen MR) is 124 cm³/mol. The van der Waals surface area contributed by atoms with Gasteiger partial charge in [-0.3, -0.25) is 14.2 Å². The van der Waals surface area contributed by atoms with E-state index in [-0.39, 0.29) is 18.0 Å². The summed E-state index contributed by atoms with van der Waals surface area (Å²) in [6, 6.07) is 6.48. The molecular weight excluding hydrogens is 404 g/mol. The first-order chi connectivity index (χ1) is 15.5. The van der Waals surface area contributed by atoms with Gasteiger partial charge in [-0.1, -0.05) is 18.6 Å². The van der Waals surface area contributed by atoms with E-state index < -0.39 is 0 Å². The molecule has 8 heteroatoms. The number of hydrogen-bond donors (Lipinski definition) is 0. The van der Waals surface area contributed by atoms with Crippen LogP contribution in [0.1, 0.15) is 36.2 Å². The molecule has 1 saturated heterocycles. The second-order valence-corrected chi connectivity index (χ2v) is 9.00. The number of carbonyl (C=O) groups excluding carboxylic acids is 1. The molecule has 3 aromatic rings. The van der Waals surface area contributed by atoms with Crippen LogP contribution in [0.15, 0.2) is 29.3 Å². The average molecular weight is 435 g/mol. The van der Waals surface area contributed by atoms with Crippen LogP contribution in [0.25, 0.3) is 11.2 Å². The number of benzene rings is 1. The molecule has 1 aromatic carbocycles. The van der Waals surface area contributed by atoms with E-state index in [2.05, 4.69) is 51.5 Å². The molecular formula is C24H30N6O2. The van der Waals surface area contributed by atoms with E-state index in [1.807, 2.05) is 4.90 Å². The topological polar surface area (TPSA) is 76.3 Å². The molecule has 1 fully saturated rings. The number of fused-ring (bicyclic) bond motifs is 3. The fraction of sp³-hybridized carbons (Fsp3) is 0.500. The molecule has 0 spiro atoms. The number of hydrogen-bond acceptors (Lipinski definition) is 5. The molecule has 2 aliphatic heterocycles. The Morgan fingerprint density at radius 2 is 1.84 bits per heavy atom. The van der Waals surface area contributed by atoms with Crippen molar-refractivity contribution in [1.82, 2.24) is 24.0 Å². The van der Waals surface area contributed by atoms with E-state index >= 15 is 0 Å². The Labute approximate surface area is 187 Å². The molecule has 0 unspecified atom stereocenters. The van der Waals surface area contributed by atoms with Crippen molar-refractivity contribution in [2.24, 2.45) is 0 Å². The lowest BCUT2D eigenvalue weighted by Crippen LogP contribution is -2.50. The Morgan fingerprint density at radius 3 is 2.66 bits per heavy atom. The minimum absolute atomic E-state index is 0.00738. The van der Waals surface area contributed by atoms with Crippen LogP contribution >= 0.6 is 0 Å². The normalized spacial score (nSPS) is 16.8. The highest BCUT2D eigenvalue weighted by atomic mass is 16.2. The van der Waals surface area contributed by atoms with Crippen LogP contribution in [0, 0.1) is 13.8 Å². The molecule has 168 valence electrons. The van der Waals surface area contributed by atoms with Gasteiger partial charge in [-0.15, -0.1) is 0 Å². The number of nitrogens with zero attached hydrogens (tertiary/aromatic N) is 6. The molecule has 0 N–H and O–H groups in total. The number of aryl methyl sites for hydroxylation is 4. The summed E-state index contributed by atoms with van der Waals surface area (Å²) in [5.41, 5.74) is 4.54. The van der Waals surface area contributed by atoms with Crippen LogP contribution in [0.5, 0.6) is 0 Å². The number of imidazole rings is 1. The first-order valence-corrected chi connectivity index (χ1v) is 11.6. The van der Waals surface area contributed by atoms with Gasteiger partial charge >= 0.3 is 0 Å². The number of aromatic nitrogens is 4. The van der Waals surface area contributed by atoms with Crippen molar-refractivity contribution in [1.29, 1.82) is 0 Å². The van der Waals surface area contributed by atoms with E-state index in [9.17, 15) is 9.59 Å². The first-order valence-electron chi connectivity index (χ1n) is 11.6. The van der Waals surface area contributed by atoms with E-state index in [1.54, 1.807) is 0 Å². The average Bonchev–Trinajstić information content (AvgIpc) is 2.99. The molecule has 32 heavy (non-hydrogen) atoms. The van der Waals surface area contributed by atoms with Gasteiger partial charge in [-0.2, -0.15) is 0 Å². The van der Waals surface area contributed by atoms with Crippen LogP contribution < -0.4 is 10.5 Å². The number of anilines is 1. The molecule has 0 atom stereocenters. The summed E-state index contributed by atoms with van der Waals surface area (Å²) in [6.45, 7) is 7.96. The van der Waals surface area contributed by atoms with E-state index in [0.29, 0.717) is 24.3 Å². The lowest BCUT2D eigenvalue weighted by Gasteiger charge is -2.37. The van der Waals surface area contributed by atoms with Crippen molar-refractivity contribution in [2.75, 3.05) is 31.1 Å². The Morgan fingerprint density at radius 1 is 1.03 bits per heavy atom. The zero-order valence-corrected chi connectivity index (χ0v) is 18.9. The number of amides is 1. The van der Waals surface area contributed by atoms with Gasteiger partial charge < -0.3 is 14.4 Å². The van der Waals surface area contributed by atoms with Gasteiger partial charge in [0.15, 0.2) is 11.2 Å². The van der Waals surface area contributed by atoms with Crippen molar-refractivity contribution < 1.29 is 4.79 Å².